The largest absolute Gasteiger partial charge is 0.466 e. The van der Waals surface area contributed by atoms with E-state index in [1.54, 1.807) is 6.08 Å². The zero-order chi connectivity index (χ0) is 17.9. The van der Waals surface area contributed by atoms with Crippen molar-refractivity contribution in [2.24, 2.45) is 11.8 Å². The Bertz CT molecular complexity index is 703. The summed E-state index contributed by atoms with van der Waals surface area (Å²) in [4.78, 5) is 24.4. The minimum atomic E-state index is -0.449. The molecule has 5 heteroatoms. The fraction of sp³-hybridized carbons (Fsp3) is 0.368. The van der Waals surface area contributed by atoms with Crippen LogP contribution in [-0.2, 0) is 19.1 Å². The van der Waals surface area contributed by atoms with E-state index in [4.69, 9.17) is 9.47 Å². The maximum Gasteiger partial charge on any atom is 0.337 e. The predicted molar refractivity (Wildman–Crippen MR) is 95.4 cm³/mol. The van der Waals surface area contributed by atoms with Gasteiger partial charge in [0.15, 0.2) is 0 Å². The third-order valence-corrected chi connectivity index (χ3v) is 4.72. The summed E-state index contributed by atoms with van der Waals surface area (Å²) in [6.45, 7) is 4.14. The molecule has 0 N–H and O–H groups in total. The van der Waals surface area contributed by atoms with Crippen molar-refractivity contribution < 1.29 is 19.1 Å². The summed E-state index contributed by atoms with van der Waals surface area (Å²) in [5.74, 6) is -0.854. The Labute approximate surface area is 150 Å². The summed E-state index contributed by atoms with van der Waals surface area (Å²) in [5, 5.41) is 0. The molecule has 2 atom stereocenters. The highest BCUT2D eigenvalue weighted by atomic mass is 79.9. The molecule has 0 saturated carbocycles. The molecule has 24 heavy (non-hydrogen) atoms. The van der Waals surface area contributed by atoms with Crippen molar-refractivity contribution in [2.75, 3.05) is 14.2 Å². The van der Waals surface area contributed by atoms with Gasteiger partial charge in [0, 0.05) is 16.0 Å². The monoisotopic (exact) mass is 392 g/mol. The smallest absolute Gasteiger partial charge is 0.337 e. The molecule has 1 aromatic rings. The molecule has 0 aliphatic heterocycles. The van der Waals surface area contributed by atoms with Crippen molar-refractivity contribution in [1.29, 1.82) is 0 Å². The molecular weight excluding hydrogens is 372 g/mol. The zero-order valence-electron chi connectivity index (χ0n) is 14.2. The normalized spacial score (nSPS) is 20.2. The number of hydrogen-bond donors (Lipinski definition) is 0. The molecular formula is C19H21BrO4. The molecule has 1 aromatic carbocycles. The predicted octanol–water partition coefficient (Wildman–Crippen LogP) is 4.02. The Morgan fingerprint density at radius 3 is 2.33 bits per heavy atom. The van der Waals surface area contributed by atoms with E-state index in [-0.39, 0.29) is 17.8 Å². The van der Waals surface area contributed by atoms with E-state index in [1.165, 1.54) is 14.2 Å². The van der Waals surface area contributed by atoms with Crippen LogP contribution in [0, 0.1) is 11.8 Å². The molecule has 0 spiro atoms. The van der Waals surface area contributed by atoms with Gasteiger partial charge in [0.05, 0.1) is 19.8 Å². The Balaban J connectivity index is 2.60. The molecule has 0 amide bonds. The Morgan fingerprint density at radius 1 is 1.12 bits per heavy atom. The van der Waals surface area contributed by atoms with Crippen LogP contribution >= 0.6 is 15.9 Å². The first kappa shape index (κ1) is 18.5. The third kappa shape index (κ3) is 3.78. The molecule has 1 aliphatic carbocycles. The van der Waals surface area contributed by atoms with Crippen molar-refractivity contribution in [1.82, 2.24) is 0 Å². The van der Waals surface area contributed by atoms with E-state index in [1.807, 2.05) is 30.3 Å². The van der Waals surface area contributed by atoms with Crippen LogP contribution in [0.2, 0.25) is 0 Å². The molecule has 4 nitrogen and oxygen atoms in total. The Kier molecular flexibility index (Phi) is 5.99. The van der Waals surface area contributed by atoms with Gasteiger partial charge in [-0.2, -0.15) is 0 Å². The number of rotatable bonds is 4. The van der Waals surface area contributed by atoms with Gasteiger partial charge < -0.3 is 9.47 Å². The lowest BCUT2D eigenvalue weighted by Gasteiger charge is -2.33. The number of ether oxygens (including phenoxy) is 2. The average Bonchev–Trinajstić information content (AvgIpc) is 2.58. The highest BCUT2D eigenvalue weighted by Gasteiger charge is 2.36. The molecule has 2 rings (SSSR count). The van der Waals surface area contributed by atoms with Crippen LogP contribution in [0.25, 0.3) is 0 Å². The zero-order valence-corrected chi connectivity index (χ0v) is 15.8. The van der Waals surface area contributed by atoms with Crippen LogP contribution in [-0.4, -0.2) is 26.2 Å². The maximum absolute atomic E-state index is 12.4. The van der Waals surface area contributed by atoms with Gasteiger partial charge in [-0.15, -0.1) is 0 Å². The van der Waals surface area contributed by atoms with E-state index >= 15 is 0 Å². The molecule has 0 radical (unpaired) electrons. The van der Waals surface area contributed by atoms with Crippen molar-refractivity contribution in [3.8, 4) is 0 Å². The molecule has 0 saturated heterocycles. The third-order valence-electron chi connectivity index (χ3n) is 4.22. The molecule has 128 valence electrons. The summed E-state index contributed by atoms with van der Waals surface area (Å²) >= 11 is 3.48. The summed E-state index contributed by atoms with van der Waals surface area (Å²) in [6, 6.07) is 7.85. The van der Waals surface area contributed by atoms with Crippen LogP contribution in [0.5, 0.6) is 0 Å². The molecule has 1 aliphatic rings. The Hall–Kier alpha value is -1.88. The quantitative estimate of drug-likeness (QED) is 0.726. The second kappa shape index (κ2) is 7.79. The lowest BCUT2D eigenvalue weighted by molar-refractivity contribution is -0.136. The first-order valence-corrected chi connectivity index (χ1v) is 8.53. The molecule has 0 fully saturated rings. The van der Waals surface area contributed by atoms with Crippen molar-refractivity contribution in [2.45, 2.75) is 19.8 Å². The van der Waals surface area contributed by atoms with E-state index in [2.05, 4.69) is 29.8 Å². The topological polar surface area (TPSA) is 52.6 Å². The van der Waals surface area contributed by atoms with Crippen LogP contribution in [0.3, 0.4) is 0 Å². The number of allylic oxidation sites excluding steroid dienone is 1. The average molecular weight is 393 g/mol. The van der Waals surface area contributed by atoms with Crippen LogP contribution < -0.4 is 0 Å². The number of esters is 2. The van der Waals surface area contributed by atoms with E-state index < -0.39 is 11.9 Å². The van der Waals surface area contributed by atoms with Gasteiger partial charge in [-0.3, -0.25) is 0 Å². The fourth-order valence-corrected chi connectivity index (χ4v) is 3.46. The standard InChI is InChI=1S/C19H21BrO4/c1-11(2)15-9-13(18(21)23-3)10-16(19(22)24-4)17(15)12-6-5-7-14(20)8-12/h5-11,15,17H,1-4H3/t15-,17-/m1/s1. The fourth-order valence-electron chi connectivity index (χ4n) is 3.04. The minimum absolute atomic E-state index is 0.0208. The van der Waals surface area contributed by atoms with Crippen molar-refractivity contribution in [3.05, 3.63) is 57.6 Å². The number of methoxy groups -OCH3 is 2. The number of carbonyl (C=O) groups excluding carboxylic acids is 2. The second-order valence-electron chi connectivity index (χ2n) is 6.06. The van der Waals surface area contributed by atoms with Gasteiger partial charge in [0.25, 0.3) is 0 Å². The Morgan fingerprint density at radius 2 is 1.79 bits per heavy atom. The lowest BCUT2D eigenvalue weighted by atomic mass is 9.71. The maximum atomic E-state index is 12.4. The highest BCUT2D eigenvalue weighted by molar-refractivity contribution is 9.10. The number of halogens is 1. The van der Waals surface area contributed by atoms with Crippen LogP contribution in [0.1, 0.15) is 25.3 Å². The SMILES string of the molecule is COC(=O)C1=C[C@H](C(C)C)[C@@H](c2cccc(Br)c2)C(C(=O)OC)=C1. The van der Waals surface area contributed by atoms with Gasteiger partial charge in [-0.1, -0.05) is 48.0 Å². The summed E-state index contributed by atoms with van der Waals surface area (Å²) in [7, 11) is 2.68. The number of benzene rings is 1. The minimum Gasteiger partial charge on any atom is -0.466 e. The van der Waals surface area contributed by atoms with Crippen LogP contribution in [0.4, 0.5) is 0 Å². The van der Waals surface area contributed by atoms with Gasteiger partial charge in [0.1, 0.15) is 0 Å². The second-order valence-corrected chi connectivity index (χ2v) is 6.97. The van der Waals surface area contributed by atoms with Crippen LogP contribution in [0.15, 0.2) is 52.0 Å². The summed E-state index contributed by atoms with van der Waals surface area (Å²) in [6.07, 6.45) is 3.48. The number of hydrogen-bond acceptors (Lipinski definition) is 4. The van der Waals surface area contributed by atoms with E-state index in [9.17, 15) is 9.59 Å². The van der Waals surface area contributed by atoms with E-state index in [0.717, 1.165) is 10.0 Å². The van der Waals surface area contributed by atoms with Gasteiger partial charge in [-0.05, 0) is 35.6 Å². The molecule has 0 aromatic heterocycles. The van der Waals surface area contributed by atoms with Gasteiger partial charge in [-0.25, -0.2) is 9.59 Å². The summed E-state index contributed by atoms with van der Waals surface area (Å²) in [5.41, 5.74) is 1.86. The summed E-state index contributed by atoms with van der Waals surface area (Å²) < 4.78 is 10.7. The lowest BCUT2D eigenvalue weighted by Crippen LogP contribution is -2.27. The molecule has 0 unspecified atom stereocenters. The highest BCUT2D eigenvalue weighted by Crippen LogP contribution is 2.42. The van der Waals surface area contributed by atoms with Crippen molar-refractivity contribution in [3.63, 3.8) is 0 Å². The number of carbonyl (C=O) groups is 2. The first-order valence-electron chi connectivity index (χ1n) is 7.74. The van der Waals surface area contributed by atoms with Gasteiger partial charge in [0.2, 0.25) is 0 Å². The van der Waals surface area contributed by atoms with Crippen molar-refractivity contribution >= 4 is 27.9 Å². The molecule has 0 bridgehead atoms. The van der Waals surface area contributed by atoms with Gasteiger partial charge >= 0.3 is 11.9 Å². The first-order chi connectivity index (χ1) is 11.4. The van der Waals surface area contributed by atoms with E-state index in [0.29, 0.717) is 11.1 Å². The molecule has 0 heterocycles.